The van der Waals surface area contributed by atoms with Crippen LogP contribution in [0.1, 0.15) is 19.4 Å². The summed E-state index contributed by atoms with van der Waals surface area (Å²) in [6.07, 6.45) is 0.161. The zero-order valence-electron chi connectivity index (χ0n) is 12.3. The highest BCUT2D eigenvalue weighted by atomic mass is 32.2. The van der Waals surface area contributed by atoms with Crippen LogP contribution < -0.4 is 0 Å². The fourth-order valence-electron chi connectivity index (χ4n) is 2.01. The van der Waals surface area contributed by atoms with Gasteiger partial charge in [-0.25, -0.2) is 0 Å². The first-order chi connectivity index (χ1) is 9.99. The Bertz CT molecular complexity index is 500. The molecule has 2 unspecified atom stereocenters. The Kier molecular flexibility index (Phi) is 7.08. The minimum absolute atomic E-state index is 0.161. The summed E-state index contributed by atoms with van der Waals surface area (Å²) >= 11 is 0. The van der Waals surface area contributed by atoms with Crippen LogP contribution in [-0.4, -0.2) is 50.2 Å². The van der Waals surface area contributed by atoms with Gasteiger partial charge in [-0.05, 0) is 25.8 Å². The molecule has 0 aliphatic heterocycles. The Morgan fingerprint density at radius 2 is 1.76 bits per heavy atom. The molecule has 1 aromatic rings. The molecular formula is C15H21NO4S. The third kappa shape index (κ3) is 5.30. The number of carbonyl (C=O) groups excluding carboxylic acids is 1. The van der Waals surface area contributed by atoms with E-state index < -0.39 is 22.0 Å². The molecule has 0 heterocycles. The van der Waals surface area contributed by atoms with E-state index in [0.717, 1.165) is 5.56 Å². The minimum atomic E-state index is -1.73. The van der Waals surface area contributed by atoms with Gasteiger partial charge in [0.15, 0.2) is 0 Å². The Hall–Kier alpha value is -1.69. The second-order valence-electron chi connectivity index (χ2n) is 4.61. The van der Waals surface area contributed by atoms with E-state index in [1.54, 1.807) is 29.2 Å². The third-order valence-corrected chi connectivity index (χ3v) is 4.77. The maximum Gasteiger partial charge on any atom is 0.319 e. The van der Waals surface area contributed by atoms with Crippen molar-refractivity contribution in [2.24, 2.45) is 0 Å². The number of carboxylic acid groups (broad SMARTS) is 1. The fourth-order valence-corrected chi connectivity index (χ4v) is 3.24. The van der Waals surface area contributed by atoms with Gasteiger partial charge in [0.05, 0.1) is 0 Å². The molecule has 1 amide bonds. The number of benzene rings is 1. The van der Waals surface area contributed by atoms with Crippen LogP contribution in [0.3, 0.4) is 0 Å². The highest BCUT2D eigenvalue weighted by Gasteiger charge is 2.27. The average Bonchev–Trinajstić information content (AvgIpc) is 2.46. The summed E-state index contributed by atoms with van der Waals surface area (Å²) in [6, 6.07) is 9.02. The van der Waals surface area contributed by atoms with E-state index in [2.05, 4.69) is 0 Å². The van der Waals surface area contributed by atoms with Crippen molar-refractivity contribution in [1.82, 2.24) is 4.90 Å². The van der Waals surface area contributed by atoms with Crippen LogP contribution in [0.25, 0.3) is 0 Å². The number of hydrogen-bond donors (Lipinski definition) is 1. The smallest absolute Gasteiger partial charge is 0.319 e. The first-order valence-corrected chi connectivity index (χ1v) is 8.29. The molecule has 1 N–H and O–H groups in total. The SMILES string of the molecule is CCN(CC)C(=O)CS(=O)C(Cc1ccccc1)C(=O)O. The normalized spacial score (nSPS) is 13.4. The topological polar surface area (TPSA) is 74.7 Å². The van der Waals surface area contributed by atoms with Gasteiger partial charge in [-0.3, -0.25) is 13.8 Å². The van der Waals surface area contributed by atoms with Crippen LogP contribution in [0.5, 0.6) is 0 Å². The molecular weight excluding hydrogens is 290 g/mol. The summed E-state index contributed by atoms with van der Waals surface area (Å²) in [5.41, 5.74) is 0.800. The maximum atomic E-state index is 12.2. The van der Waals surface area contributed by atoms with Crippen molar-refractivity contribution in [3.05, 3.63) is 35.9 Å². The summed E-state index contributed by atoms with van der Waals surface area (Å²) in [5, 5.41) is 8.19. The number of nitrogens with zero attached hydrogens (tertiary/aromatic N) is 1. The van der Waals surface area contributed by atoms with Gasteiger partial charge in [0.2, 0.25) is 5.91 Å². The summed E-state index contributed by atoms with van der Waals surface area (Å²) in [5.74, 6) is -1.65. The Balaban J connectivity index is 2.75. The monoisotopic (exact) mass is 311 g/mol. The van der Waals surface area contributed by atoms with E-state index in [9.17, 15) is 18.9 Å². The quantitative estimate of drug-likeness (QED) is 0.785. The molecule has 0 aliphatic carbocycles. The van der Waals surface area contributed by atoms with Crippen LogP contribution >= 0.6 is 0 Å². The van der Waals surface area contributed by atoms with Gasteiger partial charge < -0.3 is 10.0 Å². The van der Waals surface area contributed by atoms with Crippen molar-refractivity contribution in [2.45, 2.75) is 25.5 Å². The Labute approximate surface area is 127 Å². The van der Waals surface area contributed by atoms with E-state index in [4.69, 9.17) is 0 Å². The van der Waals surface area contributed by atoms with Crippen LogP contribution in [0.2, 0.25) is 0 Å². The predicted molar refractivity (Wildman–Crippen MR) is 82.5 cm³/mol. The van der Waals surface area contributed by atoms with Crippen LogP contribution in [0.4, 0.5) is 0 Å². The van der Waals surface area contributed by atoms with Crippen molar-refractivity contribution < 1.29 is 18.9 Å². The molecule has 5 nitrogen and oxygen atoms in total. The molecule has 0 fully saturated rings. The summed E-state index contributed by atoms with van der Waals surface area (Å²) in [4.78, 5) is 24.8. The highest BCUT2D eigenvalue weighted by molar-refractivity contribution is 7.87. The molecule has 0 aromatic heterocycles. The van der Waals surface area contributed by atoms with E-state index in [-0.39, 0.29) is 18.1 Å². The molecule has 0 spiro atoms. The third-order valence-electron chi connectivity index (χ3n) is 3.24. The molecule has 21 heavy (non-hydrogen) atoms. The van der Waals surface area contributed by atoms with Gasteiger partial charge in [0.25, 0.3) is 0 Å². The average molecular weight is 311 g/mol. The minimum Gasteiger partial charge on any atom is -0.480 e. The zero-order chi connectivity index (χ0) is 15.8. The van der Waals surface area contributed by atoms with Gasteiger partial charge in [0, 0.05) is 23.9 Å². The maximum absolute atomic E-state index is 12.2. The fraction of sp³-hybridized carbons (Fsp3) is 0.467. The van der Waals surface area contributed by atoms with Crippen LogP contribution in [-0.2, 0) is 26.8 Å². The zero-order valence-corrected chi connectivity index (χ0v) is 13.1. The number of carbonyl (C=O) groups is 2. The molecule has 6 heteroatoms. The van der Waals surface area contributed by atoms with E-state index in [1.807, 2.05) is 19.9 Å². The molecule has 0 radical (unpaired) electrons. The van der Waals surface area contributed by atoms with Crippen molar-refractivity contribution >= 4 is 22.7 Å². The molecule has 1 rings (SSSR count). The van der Waals surface area contributed by atoms with E-state index >= 15 is 0 Å². The molecule has 0 saturated heterocycles. The van der Waals surface area contributed by atoms with E-state index in [1.165, 1.54) is 0 Å². The lowest BCUT2D eigenvalue weighted by molar-refractivity contribution is -0.136. The number of amides is 1. The lowest BCUT2D eigenvalue weighted by atomic mass is 10.1. The Morgan fingerprint density at radius 1 is 1.19 bits per heavy atom. The highest BCUT2D eigenvalue weighted by Crippen LogP contribution is 2.09. The van der Waals surface area contributed by atoms with Crippen LogP contribution in [0.15, 0.2) is 30.3 Å². The van der Waals surface area contributed by atoms with Crippen molar-refractivity contribution in [1.29, 1.82) is 0 Å². The van der Waals surface area contributed by atoms with Gasteiger partial charge in [-0.2, -0.15) is 0 Å². The predicted octanol–water partition coefficient (Wildman–Crippen LogP) is 1.30. The second-order valence-corrected chi connectivity index (χ2v) is 6.23. The van der Waals surface area contributed by atoms with Crippen LogP contribution in [0, 0.1) is 0 Å². The molecule has 1 aromatic carbocycles. The second kappa shape index (κ2) is 8.56. The first-order valence-electron chi connectivity index (χ1n) is 6.91. The standard InChI is InChI=1S/C15H21NO4S/c1-3-16(4-2)14(17)11-21(20)13(15(18)19)10-12-8-6-5-7-9-12/h5-9,13H,3-4,10-11H2,1-2H3,(H,18,19). The number of aliphatic carboxylic acids is 1. The largest absolute Gasteiger partial charge is 0.480 e. The van der Waals surface area contributed by atoms with Gasteiger partial charge in [-0.15, -0.1) is 0 Å². The first kappa shape index (κ1) is 17.4. The summed E-state index contributed by atoms with van der Waals surface area (Å²) in [6.45, 7) is 4.73. The van der Waals surface area contributed by atoms with Gasteiger partial charge in [0.1, 0.15) is 11.0 Å². The molecule has 0 bridgehead atoms. The summed E-state index contributed by atoms with van der Waals surface area (Å²) < 4.78 is 12.2. The molecule has 0 aliphatic rings. The molecule has 116 valence electrons. The summed E-state index contributed by atoms with van der Waals surface area (Å²) in [7, 11) is -1.73. The molecule has 0 saturated carbocycles. The van der Waals surface area contributed by atoms with Gasteiger partial charge in [-0.1, -0.05) is 30.3 Å². The number of rotatable bonds is 8. The lowest BCUT2D eigenvalue weighted by Crippen LogP contribution is -2.38. The van der Waals surface area contributed by atoms with Crippen molar-refractivity contribution in [2.75, 3.05) is 18.8 Å². The lowest BCUT2D eigenvalue weighted by Gasteiger charge is -2.19. The van der Waals surface area contributed by atoms with Crippen molar-refractivity contribution in [3.63, 3.8) is 0 Å². The van der Waals surface area contributed by atoms with E-state index in [0.29, 0.717) is 13.1 Å². The molecule has 2 atom stereocenters. The number of hydrogen-bond acceptors (Lipinski definition) is 3. The Morgan fingerprint density at radius 3 is 2.24 bits per heavy atom. The van der Waals surface area contributed by atoms with Gasteiger partial charge >= 0.3 is 5.97 Å². The number of carboxylic acids is 1. The van der Waals surface area contributed by atoms with Crippen molar-refractivity contribution in [3.8, 4) is 0 Å².